The molecule has 2 rings (SSSR count). The number of carbonyl (C=O) groups excluding carboxylic acids is 5. The number of hydrogen-bond acceptors (Lipinski definition) is 12. The van der Waals surface area contributed by atoms with E-state index in [1.165, 1.54) is 16.0 Å². The molecule has 0 aliphatic heterocycles. The van der Waals surface area contributed by atoms with Gasteiger partial charge in [-0.1, -0.05) is 54.6 Å². The summed E-state index contributed by atoms with van der Waals surface area (Å²) in [6.45, 7) is 2.12. The number of carbonyl (C=O) groups is 5. The molecule has 0 saturated heterocycles. The molecule has 55 heavy (non-hydrogen) atoms. The van der Waals surface area contributed by atoms with Crippen molar-refractivity contribution < 1.29 is 57.2 Å². The van der Waals surface area contributed by atoms with E-state index in [9.17, 15) is 24.0 Å². The normalized spacial score (nSPS) is 10.9. The second-order valence-electron chi connectivity index (χ2n) is 12.6. The number of ketones is 1. The number of unbranched alkanes of at least 4 members (excludes halogenated alkanes) is 1. The van der Waals surface area contributed by atoms with Crippen molar-refractivity contribution in [1.29, 1.82) is 0 Å². The average molecular weight is 774 g/mol. The highest BCUT2D eigenvalue weighted by Gasteiger charge is 2.18. The highest BCUT2D eigenvalue weighted by atomic mass is 16.7. The van der Waals surface area contributed by atoms with Crippen LogP contribution in [-0.4, -0.2) is 134 Å². The van der Waals surface area contributed by atoms with Crippen molar-refractivity contribution in [2.75, 3.05) is 99.9 Å². The summed E-state index contributed by atoms with van der Waals surface area (Å²) in [6, 6.07) is 18.2. The SMILES string of the molecule is COCCOCCOCC(=O)NCCN(CC(=O)CCCC(=O)ONC(=O)Cc1ccc(CCCCc2ccccc2)cc1)C(=O)COCCOCCOC. The minimum absolute atomic E-state index is 0.00766. The lowest BCUT2D eigenvalue weighted by molar-refractivity contribution is -0.158. The molecule has 3 amide bonds. The summed E-state index contributed by atoms with van der Waals surface area (Å²) in [6.07, 6.45) is 4.25. The molecule has 0 saturated carbocycles. The Morgan fingerprint density at radius 1 is 0.600 bits per heavy atom. The fraction of sp³-hybridized carbons (Fsp3) is 0.575. The molecule has 2 N–H and O–H groups in total. The van der Waals surface area contributed by atoms with Crippen LogP contribution in [0.4, 0.5) is 0 Å². The highest BCUT2D eigenvalue weighted by Crippen LogP contribution is 2.11. The minimum Gasteiger partial charge on any atom is -0.382 e. The lowest BCUT2D eigenvalue weighted by atomic mass is 10.0. The van der Waals surface area contributed by atoms with Gasteiger partial charge < -0.3 is 43.5 Å². The largest absolute Gasteiger partial charge is 0.382 e. The molecule has 0 aliphatic carbocycles. The van der Waals surface area contributed by atoms with E-state index in [-0.39, 0.29) is 90.0 Å². The number of amides is 3. The zero-order valence-electron chi connectivity index (χ0n) is 32.4. The van der Waals surface area contributed by atoms with E-state index in [1.807, 2.05) is 30.3 Å². The van der Waals surface area contributed by atoms with Gasteiger partial charge in [0.15, 0.2) is 5.78 Å². The summed E-state index contributed by atoms with van der Waals surface area (Å²) in [5, 5.41) is 2.66. The zero-order valence-corrected chi connectivity index (χ0v) is 32.4. The van der Waals surface area contributed by atoms with Crippen molar-refractivity contribution in [2.45, 2.75) is 51.4 Å². The third-order valence-corrected chi connectivity index (χ3v) is 8.02. The molecular weight excluding hydrogens is 714 g/mol. The van der Waals surface area contributed by atoms with Gasteiger partial charge in [0.25, 0.3) is 5.91 Å². The van der Waals surface area contributed by atoms with Gasteiger partial charge in [-0.05, 0) is 48.8 Å². The zero-order chi connectivity index (χ0) is 39.8. The first-order chi connectivity index (χ1) is 26.8. The summed E-state index contributed by atoms with van der Waals surface area (Å²) >= 11 is 0. The van der Waals surface area contributed by atoms with Crippen LogP contribution < -0.4 is 10.8 Å². The van der Waals surface area contributed by atoms with E-state index in [0.29, 0.717) is 33.0 Å². The molecule has 15 heteroatoms. The van der Waals surface area contributed by atoms with Crippen LogP contribution in [-0.2, 0) is 76.5 Å². The summed E-state index contributed by atoms with van der Waals surface area (Å²) < 4.78 is 31.1. The maximum absolute atomic E-state index is 12.9. The first kappa shape index (κ1) is 46.9. The monoisotopic (exact) mass is 773 g/mol. The Kier molecular flexibility index (Phi) is 26.4. The topological polar surface area (TPSA) is 177 Å². The number of ether oxygens (including phenoxy) is 6. The lowest BCUT2D eigenvalue weighted by Gasteiger charge is -2.22. The molecule has 0 aliphatic rings. The van der Waals surface area contributed by atoms with Gasteiger partial charge in [0, 0.05) is 40.2 Å². The Bertz CT molecular complexity index is 1360. The van der Waals surface area contributed by atoms with Crippen molar-refractivity contribution in [3.63, 3.8) is 0 Å². The third kappa shape index (κ3) is 24.7. The Morgan fingerprint density at radius 2 is 1.16 bits per heavy atom. The number of nitrogens with one attached hydrogen (secondary N) is 2. The maximum atomic E-state index is 12.9. The summed E-state index contributed by atoms with van der Waals surface area (Å²) in [5.74, 6) is -2.28. The van der Waals surface area contributed by atoms with Crippen LogP contribution >= 0.6 is 0 Å². The number of aryl methyl sites for hydroxylation is 2. The number of Topliss-reactive ketones (excluding diaryl/α,β-unsaturated/α-hetero) is 1. The van der Waals surface area contributed by atoms with Crippen LogP contribution in [0.5, 0.6) is 0 Å². The van der Waals surface area contributed by atoms with Gasteiger partial charge in [0.05, 0.1) is 65.8 Å². The number of hydrogen-bond donors (Lipinski definition) is 2. The fourth-order valence-electron chi connectivity index (χ4n) is 5.05. The van der Waals surface area contributed by atoms with Crippen LogP contribution in [0.1, 0.15) is 48.8 Å². The number of nitrogens with zero attached hydrogens (tertiary/aromatic N) is 1. The van der Waals surface area contributed by atoms with Crippen molar-refractivity contribution in [2.24, 2.45) is 0 Å². The second kappa shape index (κ2) is 31.0. The quantitative estimate of drug-likeness (QED) is 0.0822. The first-order valence-electron chi connectivity index (χ1n) is 18.8. The third-order valence-electron chi connectivity index (χ3n) is 8.02. The van der Waals surface area contributed by atoms with Gasteiger partial charge in [-0.15, -0.1) is 0 Å². The Morgan fingerprint density at radius 3 is 1.80 bits per heavy atom. The minimum atomic E-state index is -0.687. The first-order valence-corrected chi connectivity index (χ1v) is 18.8. The van der Waals surface area contributed by atoms with E-state index in [0.717, 1.165) is 31.2 Å². The van der Waals surface area contributed by atoms with E-state index >= 15 is 0 Å². The number of benzene rings is 2. The summed E-state index contributed by atoms with van der Waals surface area (Å²) in [5.41, 5.74) is 5.50. The number of methoxy groups -OCH3 is 2. The fourth-order valence-corrected chi connectivity index (χ4v) is 5.05. The second-order valence-corrected chi connectivity index (χ2v) is 12.6. The van der Waals surface area contributed by atoms with Gasteiger partial charge in [-0.25, -0.2) is 4.79 Å². The molecule has 2 aromatic carbocycles. The van der Waals surface area contributed by atoms with Crippen LogP contribution in [0.15, 0.2) is 54.6 Å². The molecule has 0 unspecified atom stereocenters. The predicted octanol–water partition coefficient (Wildman–Crippen LogP) is 2.41. The van der Waals surface area contributed by atoms with Crippen molar-refractivity contribution in [1.82, 2.24) is 15.7 Å². The molecule has 306 valence electrons. The van der Waals surface area contributed by atoms with Crippen LogP contribution in [0.3, 0.4) is 0 Å². The standard InChI is InChI=1S/C40H59N3O12/c1-49-21-23-51-25-27-53-31-38(46)41-19-20-43(39(47)32-54-28-26-52-24-22-50-2)30-36(44)13-8-14-40(48)55-42-37(45)29-35-17-15-34(16-18-35)12-7-6-11-33-9-4-3-5-10-33/h3-5,9-10,15-18H,6-8,11-14,19-32H2,1-2H3,(H,41,46)(H,42,45). The molecule has 15 nitrogen and oxygen atoms in total. The van der Waals surface area contributed by atoms with E-state index in [1.54, 1.807) is 14.2 Å². The smallest absolute Gasteiger partial charge is 0.332 e. The molecule has 0 spiro atoms. The van der Waals surface area contributed by atoms with Gasteiger partial charge in [0.1, 0.15) is 13.2 Å². The van der Waals surface area contributed by atoms with Crippen molar-refractivity contribution in [3.8, 4) is 0 Å². The molecule has 0 fully saturated rings. The van der Waals surface area contributed by atoms with E-state index in [4.69, 9.17) is 33.3 Å². The van der Waals surface area contributed by atoms with Gasteiger partial charge in [-0.2, -0.15) is 5.48 Å². The Labute approximate surface area is 324 Å². The van der Waals surface area contributed by atoms with E-state index in [2.05, 4.69) is 35.1 Å². The van der Waals surface area contributed by atoms with Crippen LogP contribution in [0, 0.1) is 0 Å². The highest BCUT2D eigenvalue weighted by molar-refractivity contribution is 5.87. The molecule has 0 heterocycles. The predicted molar refractivity (Wildman–Crippen MR) is 203 cm³/mol. The van der Waals surface area contributed by atoms with Crippen LogP contribution in [0.25, 0.3) is 0 Å². The Hall–Kier alpha value is -4.25. The number of hydroxylamine groups is 1. The van der Waals surface area contributed by atoms with Crippen LogP contribution in [0.2, 0.25) is 0 Å². The van der Waals surface area contributed by atoms with Gasteiger partial charge in [0.2, 0.25) is 11.8 Å². The molecule has 2 aromatic rings. The molecular formula is C40H59N3O12. The molecule has 0 aromatic heterocycles. The Balaban J connectivity index is 1.67. The van der Waals surface area contributed by atoms with Gasteiger partial charge >= 0.3 is 5.97 Å². The molecule has 0 atom stereocenters. The summed E-state index contributed by atoms with van der Waals surface area (Å²) in [7, 11) is 3.14. The van der Waals surface area contributed by atoms with Crippen molar-refractivity contribution >= 4 is 29.5 Å². The van der Waals surface area contributed by atoms with E-state index < -0.39 is 17.8 Å². The molecule has 0 radical (unpaired) electrons. The summed E-state index contributed by atoms with van der Waals surface area (Å²) in [4.78, 5) is 68.7. The van der Waals surface area contributed by atoms with Crippen molar-refractivity contribution in [3.05, 3.63) is 71.3 Å². The average Bonchev–Trinajstić information content (AvgIpc) is 3.18. The maximum Gasteiger partial charge on any atom is 0.332 e. The lowest BCUT2D eigenvalue weighted by Crippen LogP contribution is -2.43. The van der Waals surface area contributed by atoms with Gasteiger partial charge in [-0.3, -0.25) is 19.2 Å². The molecule has 0 bridgehead atoms. The number of rotatable bonds is 32.